The summed E-state index contributed by atoms with van der Waals surface area (Å²) in [7, 11) is 3.48. The van der Waals surface area contributed by atoms with Gasteiger partial charge in [0, 0.05) is 13.0 Å². The van der Waals surface area contributed by atoms with E-state index in [9.17, 15) is 0 Å². The highest BCUT2D eigenvalue weighted by Crippen LogP contribution is 2.27. The van der Waals surface area contributed by atoms with Crippen molar-refractivity contribution >= 4 is 0 Å². The molecule has 0 aromatic heterocycles. The lowest BCUT2D eigenvalue weighted by Gasteiger charge is -2.26. The molecule has 0 N–H and O–H groups in total. The third-order valence-electron chi connectivity index (χ3n) is 2.69. The van der Waals surface area contributed by atoms with E-state index in [1.165, 1.54) is 5.57 Å². The maximum atomic E-state index is 5.41. The molecule has 1 aliphatic rings. The normalized spacial score (nSPS) is 26.9. The third-order valence-corrected chi connectivity index (χ3v) is 2.69. The number of methoxy groups -OCH3 is 2. The van der Waals surface area contributed by atoms with Crippen molar-refractivity contribution < 1.29 is 9.47 Å². The molecule has 0 fully saturated rings. The van der Waals surface area contributed by atoms with Gasteiger partial charge in [0.25, 0.3) is 0 Å². The minimum atomic E-state index is 0.163. The van der Waals surface area contributed by atoms with Gasteiger partial charge in [-0.15, -0.1) is 0 Å². The summed E-state index contributed by atoms with van der Waals surface area (Å²) in [5, 5.41) is 0. The number of rotatable bonds is 4. The number of hydrogen-bond acceptors (Lipinski definition) is 2. The lowest BCUT2D eigenvalue weighted by Crippen LogP contribution is -2.24. The number of allylic oxidation sites excluding steroid dienone is 2. The van der Waals surface area contributed by atoms with Crippen molar-refractivity contribution in [1.29, 1.82) is 0 Å². The summed E-state index contributed by atoms with van der Waals surface area (Å²) >= 11 is 0. The Morgan fingerprint density at radius 1 is 1.36 bits per heavy atom. The van der Waals surface area contributed by atoms with Crippen molar-refractivity contribution in [2.45, 2.75) is 32.8 Å². The maximum absolute atomic E-state index is 5.41. The molecule has 0 radical (unpaired) electrons. The van der Waals surface area contributed by atoms with Gasteiger partial charge in [-0.05, 0) is 18.1 Å². The second-order valence-corrected chi connectivity index (χ2v) is 3.73. The van der Waals surface area contributed by atoms with Gasteiger partial charge in [-0.3, -0.25) is 0 Å². The minimum Gasteiger partial charge on any atom is -0.501 e. The van der Waals surface area contributed by atoms with Crippen molar-refractivity contribution in [3.63, 3.8) is 0 Å². The first-order chi connectivity index (χ1) is 6.72. The van der Waals surface area contributed by atoms with E-state index in [1.807, 2.05) is 0 Å². The Morgan fingerprint density at radius 2 is 2.07 bits per heavy atom. The molecule has 0 spiro atoms. The van der Waals surface area contributed by atoms with Gasteiger partial charge in [0.1, 0.15) is 5.76 Å². The van der Waals surface area contributed by atoms with E-state index in [2.05, 4.69) is 26.0 Å². The largest absolute Gasteiger partial charge is 0.501 e. The monoisotopic (exact) mass is 196 g/mol. The molecule has 0 saturated heterocycles. The van der Waals surface area contributed by atoms with Crippen molar-refractivity contribution in [3.05, 3.63) is 23.5 Å². The van der Waals surface area contributed by atoms with E-state index in [4.69, 9.17) is 9.47 Å². The van der Waals surface area contributed by atoms with Crippen molar-refractivity contribution in [1.82, 2.24) is 0 Å². The van der Waals surface area contributed by atoms with Crippen LogP contribution < -0.4 is 0 Å². The summed E-state index contributed by atoms with van der Waals surface area (Å²) in [6, 6.07) is 0. The molecular formula is C12H20O2. The lowest BCUT2D eigenvalue weighted by molar-refractivity contribution is 0.0808. The van der Waals surface area contributed by atoms with Gasteiger partial charge < -0.3 is 9.47 Å². The van der Waals surface area contributed by atoms with Crippen LogP contribution in [0.25, 0.3) is 0 Å². The molecule has 0 heterocycles. The fourth-order valence-corrected chi connectivity index (χ4v) is 1.84. The highest BCUT2D eigenvalue weighted by atomic mass is 16.5. The summed E-state index contributed by atoms with van der Waals surface area (Å²) in [4.78, 5) is 0. The van der Waals surface area contributed by atoms with Crippen LogP contribution in [-0.4, -0.2) is 20.3 Å². The summed E-state index contributed by atoms with van der Waals surface area (Å²) in [6.07, 6.45) is 6.76. The van der Waals surface area contributed by atoms with Crippen LogP contribution in [-0.2, 0) is 9.47 Å². The quantitative estimate of drug-likeness (QED) is 0.688. The van der Waals surface area contributed by atoms with Gasteiger partial charge in [-0.25, -0.2) is 0 Å². The minimum absolute atomic E-state index is 0.163. The molecular weight excluding hydrogens is 176 g/mol. The molecule has 1 aliphatic carbocycles. The van der Waals surface area contributed by atoms with E-state index in [0.29, 0.717) is 5.92 Å². The Hall–Kier alpha value is -0.760. The molecule has 0 saturated carbocycles. The first-order valence-electron chi connectivity index (χ1n) is 5.22. The smallest absolute Gasteiger partial charge is 0.101 e. The molecule has 2 unspecified atom stereocenters. The highest BCUT2D eigenvalue weighted by Gasteiger charge is 2.23. The molecule has 0 amide bonds. The second kappa shape index (κ2) is 5.20. The van der Waals surface area contributed by atoms with Crippen LogP contribution in [0.1, 0.15) is 26.7 Å². The summed E-state index contributed by atoms with van der Waals surface area (Å²) in [5.41, 5.74) is 1.33. The molecule has 0 aromatic rings. The summed E-state index contributed by atoms with van der Waals surface area (Å²) in [5.74, 6) is 1.36. The zero-order valence-electron chi connectivity index (χ0n) is 9.54. The van der Waals surface area contributed by atoms with Crippen molar-refractivity contribution in [2.24, 2.45) is 5.92 Å². The first-order valence-corrected chi connectivity index (χ1v) is 5.22. The fourth-order valence-electron chi connectivity index (χ4n) is 1.84. The van der Waals surface area contributed by atoms with Gasteiger partial charge >= 0.3 is 0 Å². The zero-order chi connectivity index (χ0) is 10.6. The zero-order valence-corrected chi connectivity index (χ0v) is 9.54. The second-order valence-electron chi connectivity index (χ2n) is 3.73. The van der Waals surface area contributed by atoms with Crippen LogP contribution in [0.3, 0.4) is 0 Å². The Bertz CT molecular complexity index is 241. The van der Waals surface area contributed by atoms with Crippen LogP contribution >= 0.6 is 0 Å². The third kappa shape index (κ3) is 2.38. The van der Waals surface area contributed by atoms with Crippen LogP contribution in [0.15, 0.2) is 23.5 Å². The van der Waals surface area contributed by atoms with Crippen molar-refractivity contribution in [2.75, 3.05) is 14.2 Å². The van der Waals surface area contributed by atoms with Crippen LogP contribution in [0.4, 0.5) is 0 Å². The average molecular weight is 196 g/mol. The van der Waals surface area contributed by atoms with Crippen molar-refractivity contribution in [3.8, 4) is 0 Å². The van der Waals surface area contributed by atoms with E-state index in [-0.39, 0.29) is 6.10 Å². The molecule has 2 heteroatoms. The topological polar surface area (TPSA) is 18.5 Å². The van der Waals surface area contributed by atoms with Gasteiger partial charge in [-0.2, -0.15) is 0 Å². The van der Waals surface area contributed by atoms with Gasteiger partial charge in [-0.1, -0.05) is 26.3 Å². The average Bonchev–Trinajstić information content (AvgIpc) is 2.20. The van der Waals surface area contributed by atoms with E-state index < -0.39 is 0 Å². The Balaban J connectivity index is 2.81. The lowest BCUT2D eigenvalue weighted by atomic mass is 9.91. The van der Waals surface area contributed by atoms with Gasteiger partial charge in [0.15, 0.2) is 0 Å². The Kier molecular flexibility index (Phi) is 4.21. The number of ether oxygens (including phenoxy) is 2. The van der Waals surface area contributed by atoms with E-state index in [1.54, 1.807) is 14.2 Å². The SMILES string of the molecule is CCCC1=CC(OC)C(C)C(OC)=C1. The molecule has 2 atom stereocenters. The predicted octanol–water partition coefficient (Wildman–Crippen LogP) is 2.91. The van der Waals surface area contributed by atoms with E-state index >= 15 is 0 Å². The van der Waals surface area contributed by atoms with Gasteiger partial charge in [0.05, 0.1) is 13.2 Å². The van der Waals surface area contributed by atoms with E-state index in [0.717, 1.165) is 18.6 Å². The van der Waals surface area contributed by atoms with Crippen LogP contribution in [0.2, 0.25) is 0 Å². The first kappa shape index (κ1) is 11.3. The number of hydrogen-bond donors (Lipinski definition) is 0. The van der Waals surface area contributed by atoms with Crippen LogP contribution in [0.5, 0.6) is 0 Å². The molecule has 0 aromatic carbocycles. The standard InChI is InChI=1S/C12H20O2/c1-5-6-10-7-11(13-3)9(2)12(8-10)14-4/h7-9,11H,5-6H2,1-4H3. The Morgan fingerprint density at radius 3 is 2.57 bits per heavy atom. The Labute approximate surface area is 86.6 Å². The van der Waals surface area contributed by atoms with Crippen LogP contribution in [0, 0.1) is 5.92 Å². The fraction of sp³-hybridized carbons (Fsp3) is 0.667. The van der Waals surface area contributed by atoms with Gasteiger partial charge in [0.2, 0.25) is 0 Å². The molecule has 0 aliphatic heterocycles. The highest BCUT2D eigenvalue weighted by molar-refractivity contribution is 5.29. The molecule has 14 heavy (non-hydrogen) atoms. The molecule has 0 bridgehead atoms. The molecule has 1 rings (SSSR count). The summed E-state index contributed by atoms with van der Waals surface area (Å²) in [6.45, 7) is 4.31. The summed E-state index contributed by atoms with van der Waals surface area (Å²) < 4.78 is 10.8. The maximum Gasteiger partial charge on any atom is 0.101 e. The molecule has 80 valence electrons. The predicted molar refractivity (Wildman–Crippen MR) is 58.0 cm³/mol. The molecule has 2 nitrogen and oxygen atoms in total.